The van der Waals surface area contributed by atoms with Crippen LogP contribution in [0, 0.1) is 0 Å². The number of hydrogen-bond donors (Lipinski definition) is 3. The van der Waals surface area contributed by atoms with Crippen molar-refractivity contribution >= 4 is 27.5 Å². The van der Waals surface area contributed by atoms with Gasteiger partial charge in [-0.05, 0) is 36.8 Å². The first-order valence-corrected chi connectivity index (χ1v) is 10.8. The summed E-state index contributed by atoms with van der Waals surface area (Å²) < 4.78 is 71.0. The van der Waals surface area contributed by atoms with Crippen LogP contribution in [-0.4, -0.2) is 40.0 Å². The summed E-state index contributed by atoms with van der Waals surface area (Å²) in [6, 6.07) is 8.90. The van der Waals surface area contributed by atoms with Crippen LogP contribution in [0.25, 0.3) is 0 Å². The van der Waals surface area contributed by atoms with Crippen molar-refractivity contribution in [3.63, 3.8) is 0 Å². The number of alkyl halides is 3. The molecule has 174 valence electrons. The fourth-order valence-corrected chi connectivity index (χ4v) is 4.14. The molecule has 12 heteroatoms. The highest BCUT2D eigenvalue weighted by Crippen LogP contribution is 2.33. The van der Waals surface area contributed by atoms with Crippen LogP contribution in [0.5, 0.6) is 0 Å². The van der Waals surface area contributed by atoms with Gasteiger partial charge in [0.05, 0.1) is 16.5 Å². The fourth-order valence-electron chi connectivity index (χ4n) is 2.71. The molecule has 0 spiro atoms. The van der Waals surface area contributed by atoms with Gasteiger partial charge in [0.2, 0.25) is 21.8 Å². The molecule has 32 heavy (non-hydrogen) atoms. The van der Waals surface area contributed by atoms with Crippen molar-refractivity contribution in [2.24, 2.45) is 0 Å². The van der Waals surface area contributed by atoms with E-state index in [1.807, 2.05) is 4.72 Å². The van der Waals surface area contributed by atoms with E-state index in [9.17, 15) is 31.2 Å². The highest BCUT2D eigenvalue weighted by Gasteiger charge is 2.37. The lowest BCUT2D eigenvalue weighted by atomic mass is 10.2. The Morgan fingerprint density at radius 2 is 1.78 bits per heavy atom. The zero-order chi connectivity index (χ0) is 23.9. The Labute approximate surface area is 183 Å². The molecule has 0 radical (unpaired) electrons. The second-order valence-electron chi connectivity index (χ2n) is 6.74. The number of halogens is 3. The van der Waals surface area contributed by atoms with Gasteiger partial charge in [-0.3, -0.25) is 9.59 Å². The molecule has 0 bridgehead atoms. The van der Waals surface area contributed by atoms with Gasteiger partial charge in [0.25, 0.3) is 0 Å². The molecule has 3 N–H and O–H groups in total. The minimum Gasteiger partial charge on any atom is -0.375 e. The quantitative estimate of drug-likeness (QED) is 0.517. The molecule has 2 amide bonds. The summed E-state index contributed by atoms with van der Waals surface area (Å²) in [4.78, 5) is 22.9. The normalized spacial score (nSPS) is 12.8. The predicted molar refractivity (Wildman–Crippen MR) is 110 cm³/mol. The van der Waals surface area contributed by atoms with Crippen molar-refractivity contribution in [2.75, 3.05) is 19.0 Å². The topological polar surface area (TPSA) is 114 Å². The van der Waals surface area contributed by atoms with Crippen LogP contribution in [0.3, 0.4) is 0 Å². The first-order chi connectivity index (χ1) is 14.9. The largest absolute Gasteiger partial charge is 0.417 e. The van der Waals surface area contributed by atoms with E-state index in [1.165, 1.54) is 14.0 Å². The molecule has 0 saturated heterocycles. The highest BCUT2D eigenvalue weighted by atomic mass is 32.2. The lowest BCUT2D eigenvalue weighted by molar-refractivity contribution is -0.139. The van der Waals surface area contributed by atoms with Gasteiger partial charge < -0.3 is 15.4 Å². The van der Waals surface area contributed by atoms with Crippen molar-refractivity contribution in [3.8, 4) is 0 Å². The van der Waals surface area contributed by atoms with Crippen molar-refractivity contribution in [1.29, 1.82) is 0 Å². The number of methoxy groups -OCH3 is 1. The molecule has 0 unspecified atom stereocenters. The molecular formula is C20H22F3N3O5S. The number of amides is 2. The minimum absolute atomic E-state index is 0.00196. The summed E-state index contributed by atoms with van der Waals surface area (Å²) in [5.74, 6) is -1.11. The predicted octanol–water partition coefficient (Wildman–Crippen LogP) is 2.27. The van der Waals surface area contributed by atoms with Gasteiger partial charge in [-0.1, -0.05) is 24.3 Å². The maximum atomic E-state index is 13.1. The Morgan fingerprint density at radius 1 is 1.09 bits per heavy atom. The summed E-state index contributed by atoms with van der Waals surface area (Å²) in [6.45, 7) is 1.08. The molecule has 0 aliphatic carbocycles. The van der Waals surface area contributed by atoms with E-state index in [4.69, 9.17) is 4.74 Å². The standard InChI is InChI=1S/C20H22F3N3O5S/c1-13(26-32(29,30)17-9-4-3-8-16(17)20(21,22)23)19(28)24-11-14-6-5-7-15(10-14)25-18(27)12-31-2/h3-10,13,26H,11-12H2,1-2H3,(H,24,28)(H,25,27)/t13-/m0/s1. The lowest BCUT2D eigenvalue weighted by Gasteiger charge is -2.17. The average molecular weight is 473 g/mol. The molecule has 0 aliphatic rings. The van der Waals surface area contributed by atoms with Crippen LogP contribution in [0.2, 0.25) is 0 Å². The maximum Gasteiger partial charge on any atom is 0.417 e. The molecule has 2 aromatic rings. The Bertz CT molecular complexity index is 1070. The molecule has 0 fully saturated rings. The van der Waals surface area contributed by atoms with Gasteiger partial charge in [0.1, 0.15) is 6.61 Å². The van der Waals surface area contributed by atoms with Crippen molar-refractivity contribution in [3.05, 3.63) is 59.7 Å². The number of carbonyl (C=O) groups is 2. The van der Waals surface area contributed by atoms with Crippen LogP contribution in [-0.2, 0) is 37.1 Å². The van der Waals surface area contributed by atoms with Gasteiger partial charge in [-0.2, -0.15) is 17.9 Å². The first-order valence-electron chi connectivity index (χ1n) is 9.28. The van der Waals surface area contributed by atoms with Crippen LogP contribution in [0.1, 0.15) is 18.1 Å². The van der Waals surface area contributed by atoms with Crippen LogP contribution < -0.4 is 15.4 Å². The van der Waals surface area contributed by atoms with Crippen molar-refractivity contribution < 1.29 is 35.9 Å². The van der Waals surface area contributed by atoms with Crippen molar-refractivity contribution in [1.82, 2.24) is 10.0 Å². The van der Waals surface area contributed by atoms with Crippen LogP contribution in [0.15, 0.2) is 53.4 Å². The van der Waals surface area contributed by atoms with E-state index in [0.717, 1.165) is 18.2 Å². The van der Waals surface area contributed by atoms with Crippen molar-refractivity contribution in [2.45, 2.75) is 30.6 Å². The van der Waals surface area contributed by atoms with Gasteiger partial charge in [0.15, 0.2) is 0 Å². The Hall–Kier alpha value is -2.96. The minimum atomic E-state index is -4.87. The zero-order valence-electron chi connectivity index (χ0n) is 17.2. The number of nitrogens with one attached hydrogen (secondary N) is 3. The zero-order valence-corrected chi connectivity index (χ0v) is 18.0. The number of hydrogen-bond acceptors (Lipinski definition) is 5. The molecule has 2 rings (SSSR count). The van der Waals surface area contributed by atoms with Crippen LogP contribution >= 0.6 is 0 Å². The molecular weight excluding hydrogens is 451 g/mol. The molecule has 0 heterocycles. The number of anilines is 1. The summed E-state index contributed by atoms with van der Waals surface area (Å²) >= 11 is 0. The van der Waals surface area contributed by atoms with Crippen LogP contribution in [0.4, 0.5) is 18.9 Å². The Balaban J connectivity index is 2.03. The second-order valence-corrected chi connectivity index (χ2v) is 8.42. The summed E-state index contributed by atoms with van der Waals surface area (Å²) in [6.07, 6.45) is -4.87. The number of sulfonamides is 1. The lowest BCUT2D eigenvalue weighted by Crippen LogP contribution is -2.44. The fraction of sp³-hybridized carbons (Fsp3) is 0.300. The number of rotatable bonds is 9. The SMILES string of the molecule is COCC(=O)Nc1cccc(CNC(=O)[C@H](C)NS(=O)(=O)c2ccccc2C(F)(F)F)c1. The van der Waals surface area contributed by atoms with E-state index < -0.39 is 38.6 Å². The third kappa shape index (κ3) is 7.04. The van der Waals surface area contributed by atoms with Gasteiger partial charge in [-0.15, -0.1) is 0 Å². The van der Waals surface area contributed by atoms with Gasteiger partial charge >= 0.3 is 6.18 Å². The Kier molecular flexibility index (Phi) is 8.36. The van der Waals surface area contributed by atoms with Gasteiger partial charge in [-0.25, -0.2) is 8.42 Å². The maximum absolute atomic E-state index is 13.1. The second kappa shape index (κ2) is 10.6. The van der Waals surface area contributed by atoms with E-state index in [2.05, 4.69) is 10.6 Å². The number of ether oxygens (including phenoxy) is 1. The van der Waals surface area contributed by atoms with E-state index in [1.54, 1.807) is 24.3 Å². The number of carbonyl (C=O) groups excluding carboxylic acids is 2. The third-order valence-electron chi connectivity index (χ3n) is 4.16. The first kappa shape index (κ1) is 25.3. The van der Waals surface area contributed by atoms with E-state index in [0.29, 0.717) is 17.3 Å². The molecule has 1 atom stereocenters. The average Bonchev–Trinajstić information content (AvgIpc) is 2.71. The highest BCUT2D eigenvalue weighted by molar-refractivity contribution is 7.89. The van der Waals surface area contributed by atoms with Gasteiger partial charge in [0, 0.05) is 19.3 Å². The molecule has 2 aromatic carbocycles. The smallest absolute Gasteiger partial charge is 0.375 e. The summed E-state index contributed by atoms with van der Waals surface area (Å²) in [7, 11) is -3.24. The molecule has 0 saturated carbocycles. The molecule has 0 aliphatic heterocycles. The summed E-state index contributed by atoms with van der Waals surface area (Å²) in [5.41, 5.74) is -0.255. The summed E-state index contributed by atoms with van der Waals surface area (Å²) in [5, 5.41) is 5.10. The van der Waals surface area contributed by atoms with E-state index in [-0.39, 0.29) is 19.1 Å². The van der Waals surface area contributed by atoms with E-state index >= 15 is 0 Å². The Morgan fingerprint density at radius 3 is 2.44 bits per heavy atom. The molecule has 0 aromatic heterocycles. The monoisotopic (exact) mass is 473 g/mol. The number of benzene rings is 2. The molecule has 8 nitrogen and oxygen atoms in total. The third-order valence-corrected chi connectivity index (χ3v) is 5.76.